The lowest BCUT2D eigenvalue weighted by Gasteiger charge is -2.14. The largest absolute Gasteiger partial charge is 0.373 e. The minimum Gasteiger partial charge on any atom is -0.373 e. The van der Waals surface area contributed by atoms with E-state index in [1.165, 1.54) is 18.4 Å². The van der Waals surface area contributed by atoms with E-state index in [2.05, 4.69) is 36.1 Å². The Morgan fingerprint density at radius 2 is 2.12 bits per heavy atom. The van der Waals surface area contributed by atoms with Crippen molar-refractivity contribution < 1.29 is 0 Å². The highest BCUT2D eigenvalue weighted by molar-refractivity contribution is 7.99. The molecule has 0 aliphatic rings. The van der Waals surface area contributed by atoms with Gasteiger partial charge in [0.15, 0.2) is 0 Å². The van der Waals surface area contributed by atoms with Crippen LogP contribution in [0, 0.1) is 0 Å². The van der Waals surface area contributed by atoms with Crippen molar-refractivity contribution in [2.24, 2.45) is 0 Å². The first-order chi connectivity index (χ1) is 7.70. The van der Waals surface area contributed by atoms with Crippen molar-refractivity contribution in [2.75, 3.05) is 18.1 Å². The summed E-state index contributed by atoms with van der Waals surface area (Å²) < 4.78 is 0. The standard InChI is InChI=1S/C12H21N3S/c1-5-6-7-16-12-10(9(2)3)11(13-4)14-8-15-12/h8-9H,5-7H2,1-4H3,(H,13,14,15). The molecule has 4 heteroatoms. The molecule has 0 saturated carbocycles. The van der Waals surface area contributed by atoms with E-state index in [0.717, 1.165) is 16.6 Å². The molecule has 0 fully saturated rings. The highest BCUT2D eigenvalue weighted by Crippen LogP contribution is 2.31. The van der Waals surface area contributed by atoms with Gasteiger partial charge in [-0.1, -0.05) is 27.2 Å². The van der Waals surface area contributed by atoms with E-state index in [1.54, 1.807) is 6.33 Å². The van der Waals surface area contributed by atoms with Crippen LogP contribution in [0.2, 0.25) is 0 Å². The summed E-state index contributed by atoms with van der Waals surface area (Å²) in [7, 11) is 1.91. The fraction of sp³-hybridized carbons (Fsp3) is 0.667. The van der Waals surface area contributed by atoms with Crippen LogP contribution in [0.3, 0.4) is 0 Å². The Hall–Kier alpha value is -0.770. The highest BCUT2D eigenvalue weighted by Gasteiger charge is 2.13. The SMILES string of the molecule is CCCCSc1ncnc(NC)c1C(C)C. The minimum absolute atomic E-state index is 0.452. The lowest BCUT2D eigenvalue weighted by atomic mass is 10.1. The summed E-state index contributed by atoms with van der Waals surface area (Å²) in [5.74, 6) is 2.55. The van der Waals surface area contributed by atoms with E-state index < -0.39 is 0 Å². The highest BCUT2D eigenvalue weighted by atomic mass is 32.2. The number of anilines is 1. The van der Waals surface area contributed by atoms with Crippen LogP contribution in [0.25, 0.3) is 0 Å². The fourth-order valence-corrected chi connectivity index (χ4v) is 2.76. The quantitative estimate of drug-likeness (QED) is 0.468. The number of hydrogen-bond acceptors (Lipinski definition) is 4. The second kappa shape index (κ2) is 6.74. The molecule has 1 rings (SSSR count). The van der Waals surface area contributed by atoms with Crippen molar-refractivity contribution in [3.8, 4) is 0 Å². The third-order valence-corrected chi connectivity index (χ3v) is 3.49. The van der Waals surface area contributed by atoms with Crippen LogP contribution < -0.4 is 5.32 Å². The molecular formula is C12H21N3S. The van der Waals surface area contributed by atoms with Crippen LogP contribution in [0.15, 0.2) is 11.4 Å². The second-order valence-corrected chi connectivity index (χ2v) is 5.13. The van der Waals surface area contributed by atoms with E-state index >= 15 is 0 Å². The first-order valence-electron chi connectivity index (χ1n) is 5.86. The first kappa shape index (κ1) is 13.3. The van der Waals surface area contributed by atoms with Crippen LogP contribution >= 0.6 is 11.8 Å². The Labute approximate surface area is 102 Å². The summed E-state index contributed by atoms with van der Waals surface area (Å²) in [6.45, 7) is 6.58. The van der Waals surface area contributed by atoms with Crippen molar-refractivity contribution in [1.82, 2.24) is 9.97 Å². The van der Waals surface area contributed by atoms with Gasteiger partial charge in [0, 0.05) is 12.6 Å². The summed E-state index contributed by atoms with van der Waals surface area (Å²) in [5, 5.41) is 4.27. The number of unbranched alkanes of at least 4 members (excludes halogenated alkanes) is 1. The average molecular weight is 239 g/mol. The van der Waals surface area contributed by atoms with Crippen LogP contribution in [0.4, 0.5) is 5.82 Å². The molecule has 1 N–H and O–H groups in total. The maximum absolute atomic E-state index is 4.39. The van der Waals surface area contributed by atoms with Gasteiger partial charge in [-0.25, -0.2) is 9.97 Å². The summed E-state index contributed by atoms with van der Waals surface area (Å²) in [4.78, 5) is 8.66. The van der Waals surface area contributed by atoms with Gasteiger partial charge in [0.1, 0.15) is 17.2 Å². The number of nitrogens with one attached hydrogen (secondary N) is 1. The first-order valence-corrected chi connectivity index (χ1v) is 6.84. The Kier molecular flexibility index (Phi) is 5.60. The molecule has 0 bridgehead atoms. The third-order valence-electron chi connectivity index (χ3n) is 2.40. The monoisotopic (exact) mass is 239 g/mol. The number of hydrogen-bond donors (Lipinski definition) is 1. The van der Waals surface area contributed by atoms with Crippen molar-refractivity contribution in [2.45, 2.75) is 44.6 Å². The summed E-state index contributed by atoms with van der Waals surface area (Å²) in [5.41, 5.74) is 1.24. The molecular weight excluding hydrogens is 218 g/mol. The van der Waals surface area contributed by atoms with Gasteiger partial charge in [-0.05, 0) is 18.1 Å². The zero-order valence-corrected chi connectivity index (χ0v) is 11.4. The molecule has 16 heavy (non-hydrogen) atoms. The zero-order chi connectivity index (χ0) is 12.0. The second-order valence-electron chi connectivity index (χ2n) is 4.05. The van der Waals surface area contributed by atoms with Crippen LogP contribution in [0.1, 0.15) is 45.1 Å². The lowest BCUT2D eigenvalue weighted by Crippen LogP contribution is -2.04. The molecule has 3 nitrogen and oxygen atoms in total. The van der Waals surface area contributed by atoms with Crippen molar-refractivity contribution in [3.63, 3.8) is 0 Å². The van der Waals surface area contributed by atoms with Crippen molar-refractivity contribution in [1.29, 1.82) is 0 Å². The molecule has 0 amide bonds. The number of rotatable bonds is 6. The Balaban J connectivity index is 2.89. The van der Waals surface area contributed by atoms with Crippen LogP contribution in [-0.4, -0.2) is 22.8 Å². The topological polar surface area (TPSA) is 37.8 Å². The number of thioether (sulfide) groups is 1. The normalized spacial score (nSPS) is 10.8. The molecule has 1 aromatic rings. The van der Waals surface area contributed by atoms with Crippen molar-refractivity contribution >= 4 is 17.6 Å². The minimum atomic E-state index is 0.452. The van der Waals surface area contributed by atoms with Crippen LogP contribution in [0.5, 0.6) is 0 Å². The molecule has 0 spiro atoms. The van der Waals surface area contributed by atoms with E-state index in [1.807, 2.05) is 18.8 Å². The Bertz CT molecular complexity index is 326. The Morgan fingerprint density at radius 3 is 2.69 bits per heavy atom. The number of nitrogens with zero attached hydrogens (tertiary/aromatic N) is 2. The maximum atomic E-state index is 4.39. The molecule has 1 aromatic heterocycles. The molecule has 0 unspecified atom stereocenters. The molecule has 1 heterocycles. The smallest absolute Gasteiger partial charge is 0.133 e. The lowest BCUT2D eigenvalue weighted by molar-refractivity contribution is 0.804. The fourth-order valence-electron chi connectivity index (χ4n) is 1.53. The van der Waals surface area contributed by atoms with Gasteiger partial charge in [-0.2, -0.15) is 0 Å². The van der Waals surface area contributed by atoms with Crippen LogP contribution in [-0.2, 0) is 0 Å². The summed E-state index contributed by atoms with van der Waals surface area (Å²) in [6, 6.07) is 0. The summed E-state index contributed by atoms with van der Waals surface area (Å²) >= 11 is 1.84. The van der Waals surface area contributed by atoms with E-state index in [9.17, 15) is 0 Å². The predicted molar refractivity (Wildman–Crippen MR) is 71.3 cm³/mol. The van der Waals surface area contributed by atoms with Gasteiger partial charge in [0.05, 0.1) is 0 Å². The molecule has 0 aliphatic heterocycles. The molecule has 90 valence electrons. The van der Waals surface area contributed by atoms with Gasteiger partial charge in [-0.15, -0.1) is 11.8 Å². The predicted octanol–water partition coefficient (Wildman–Crippen LogP) is 3.53. The van der Waals surface area contributed by atoms with Gasteiger partial charge < -0.3 is 5.32 Å². The van der Waals surface area contributed by atoms with Gasteiger partial charge in [0.2, 0.25) is 0 Å². The molecule has 0 atom stereocenters. The molecule has 0 aliphatic carbocycles. The molecule has 0 aromatic carbocycles. The third kappa shape index (κ3) is 3.37. The van der Waals surface area contributed by atoms with E-state index in [0.29, 0.717) is 5.92 Å². The zero-order valence-electron chi connectivity index (χ0n) is 10.6. The van der Waals surface area contributed by atoms with E-state index in [-0.39, 0.29) is 0 Å². The number of aromatic nitrogens is 2. The van der Waals surface area contributed by atoms with E-state index in [4.69, 9.17) is 0 Å². The summed E-state index contributed by atoms with van der Waals surface area (Å²) in [6.07, 6.45) is 4.11. The average Bonchev–Trinajstić information content (AvgIpc) is 2.28. The maximum Gasteiger partial charge on any atom is 0.133 e. The molecule has 0 radical (unpaired) electrons. The van der Waals surface area contributed by atoms with Crippen molar-refractivity contribution in [3.05, 3.63) is 11.9 Å². The van der Waals surface area contributed by atoms with Gasteiger partial charge >= 0.3 is 0 Å². The van der Waals surface area contributed by atoms with Gasteiger partial charge in [0.25, 0.3) is 0 Å². The molecule has 0 saturated heterocycles. The Morgan fingerprint density at radius 1 is 1.38 bits per heavy atom. The van der Waals surface area contributed by atoms with Gasteiger partial charge in [-0.3, -0.25) is 0 Å².